The van der Waals surface area contributed by atoms with Crippen LogP contribution in [-0.4, -0.2) is 12.7 Å². The molecule has 2 heteroatoms. The predicted octanol–water partition coefficient (Wildman–Crippen LogP) is 0.403. The summed E-state index contributed by atoms with van der Waals surface area (Å²) in [5.41, 5.74) is 0. The second-order valence-electron chi connectivity index (χ2n) is 1.14. The van der Waals surface area contributed by atoms with Crippen LogP contribution in [0.25, 0.3) is 0 Å². The zero-order chi connectivity index (χ0) is 2.99. The maximum Gasteiger partial charge on any atom is 0.0781 e. The molecular formula is C3H6AgO. The van der Waals surface area contributed by atoms with Crippen molar-refractivity contribution in [2.24, 2.45) is 0 Å². The van der Waals surface area contributed by atoms with Crippen molar-refractivity contribution in [2.45, 2.75) is 13.0 Å². The summed E-state index contributed by atoms with van der Waals surface area (Å²) in [6, 6.07) is 0. The normalized spacial score (nSPS) is 31.8. The molecule has 1 aliphatic heterocycles. The Bertz CT molecular complexity index is 26.1. The molecule has 0 aliphatic carbocycles. The van der Waals surface area contributed by atoms with Gasteiger partial charge in [0.15, 0.2) is 0 Å². The Balaban J connectivity index is 0.000000160. The Morgan fingerprint density at radius 3 is 2.00 bits per heavy atom. The molecule has 1 atom stereocenters. The summed E-state index contributed by atoms with van der Waals surface area (Å²) in [6.07, 6.45) is 0.583. The number of rotatable bonds is 0. The molecule has 0 spiro atoms. The molecule has 1 saturated heterocycles. The second kappa shape index (κ2) is 1.98. The van der Waals surface area contributed by atoms with Gasteiger partial charge in [0.25, 0.3) is 0 Å². The minimum atomic E-state index is 0. The first-order valence-electron chi connectivity index (χ1n) is 1.51. The van der Waals surface area contributed by atoms with Crippen molar-refractivity contribution in [3.8, 4) is 0 Å². The molecular weight excluding hydrogens is 160 g/mol. The largest absolute Gasteiger partial charge is 0.373 e. The fraction of sp³-hybridized carbons (Fsp3) is 1.00. The van der Waals surface area contributed by atoms with Gasteiger partial charge in [0, 0.05) is 22.4 Å². The van der Waals surface area contributed by atoms with Gasteiger partial charge in [0.1, 0.15) is 0 Å². The molecule has 0 N–H and O–H groups in total. The molecule has 0 saturated carbocycles. The van der Waals surface area contributed by atoms with Crippen LogP contribution >= 0.6 is 0 Å². The van der Waals surface area contributed by atoms with Crippen LogP contribution in [0.2, 0.25) is 0 Å². The van der Waals surface area contributed by atoms with E-state index in [4.69, 9.17) is 4.74 Å². The molecule has 1 unspecified atom stereocenters. The van der Waals surface area contributed by atoms with Crippen LogP contribution in [-0.2, 0) is 27.1 Å². The van der Waals surface area contributed by atoms with Gasteiger partial charge in [-0.2, -0.15) is 0 Å². The van der Waals surface area contributed by atoms with Gasteiger partial charge in [0.2, 0.25) is 0 Å². The Morgan fingerprint density at radius 1 is 1.80 bits per heavy atom. The van der Waals surface area contributed by atoms with E-state index in [0.717, 1.165) is 6.61 Å². The summed E-state index contributed by atoms with van der Waals surface area (Å²) in [5.74, 6) is 0. The van der Waals surface area contributed by atoms with Crippen molar-refractivity contribution in [1.82, 2.24) is 0 Å². The van der Waals surface area contributed by atoms with Gasteiger partial charge in [-0.05, 0) is 6.92 Å². The van der Waals surface area contributed by atoms with Crippen molar-refractivity contribution >= 4 is 0 Å². The van der Waals surface area contributed by atoms with Gasteiger partial charge in [-0.1, -0.05) is 0 Å². The Kier molecular flexibility index (Phi) is 2.26. The van der Waals surface area contributed by atoms with Gasteiger partial charge in [-0.25, -0.2) is 0 Å². The molecule has 0 aromatic carbocycles. The third-order valence-corrected chi connectivity index (χ3v) is 0.500. The summed E-state index contributed by atoms with van der Waals surface area (Å²) in [4.78, 5) is 0. The first kappa shape index (κ1) is 5.70. The molecule has 0 amide bonds. The predicted molar refractivity (Wildman–Crippen MR) is 15.4 cm³/mol. The molecule has 1 heterocycles. The van der Waals surface area contributed by atoms with Crippen LogP contribution < -0.4 is 0 Å². The van der Waals surface area contributed by atoms with Crippen LogP contribution in [0.1, 0.15) is 6.92 Å². The maximum absolute atomic E-state index is 4.71. The van der Waals surface area contributed by atoms with E-state index in [0.29, 0.717) is 6.10 Å². The van der Waals surface area contributed by atoms with E-state index in [1.165, 1.54) is 0 Å². The molecule has 1 radical (unpaired) electrons. The van der Waals surface area contributed by atoms with E-state index in [1.807, 2.05) is 0 Å². The Hall–Kier alpha value is 0.700. The zero-order valence-corrected chi connectivity index (χ0v) is 4.48. The monoisotopic (exact) mass is 165 g/mol. The number of ether oxygens (including phenoxy) is 1. The SMILES string of the molecule is CC1CO1.[Ag]. The summed E-state index contributed by atoms with van der Waals surface area (Å²) < 4.78 is 4.71. The van der Waals surface area contributed by atoms with Crippen molar-refractivity contribution < 1.29 is 27.1 Å². The molecule has 1 nitrogen and oxygen atoms in total. The van der Waals surface area contributed by atoms with Crippen molar-refractivity contribution in [3.05, 3.63) is 0 Å². The van der Waals surface area contributed by atoms with Gasteiger partial charge in [-0.15, -0.1) is 0 Å². The minimum Gasteiger partial charge on any atom is -0.373 e. The van der Waals surface area contributed by atoms with Crippen LogP contribution in [0, 0.1) is 0 Å². The molecule has 0 aromatic rings. The third kappa shape index (κ3) is 2.50. The summed E-state index contributed by atoms with van der Waals surface area (Å²) in [6.45, 7) is 3.04. The number of hydrogen-bond acceptors (Lipinski definition) is 1. The van der Waals surface area contributed by atoms with Crippen LogP contribution in [0.3, 0.4) is 0 Å². The maximum atomic E-state index is 4.71. The molecule has 5 heavy (non-hydrogen) atoms. The fourth-order valence-corrected chi connectivity index (χ4v) is 0.0962. The molecule has 1 rings (SSSR count). The summed E-state index contributed by atoms with van der Waals surface area (Å²) in [5, 5.41) is 0. The van der Waals surface area contributed by atoms with Gasteiger partial charge in [-0.3, -0.25) is 0 Å². The van der Waals surface area contributed by atoms with E-state index in [9.17, 15) is 0 Å². The zero-order valence-electron chi connectivity index (χ0n) is 2.99. The Morgan fingerprint density at radius 2 is 2.00 bits per heavy atom. The van der Waals surface area contributed by atoms with E-state index < -0.39 is 0 Å². The van der Waals surface area contributed by atoms with E-state index >= 15 is 0 Å². The van der Waals surface area contributed by atoms with Crippen molar-refractivity contribution in [1.29, 1.82) is 0 Å². The van der Waals surface area contributed by atoms with Crippen LogP contribution in [0.5, 0.6) is 0 Å². The average Bonchev–Trinajstić information content (AvgIpc) is 1.75. The van der Waals surface area contributed by atoms with Crippen LogP contribution in [0.4, 0.5) is 0 Å². The van der Waals surface area contributed by atoms with Crippen molar-refractivity contribution in [3.63, 3.8) is 0 Å². The standard InChI is InChI=1S/C3H6O.Ag/c1-3-2-4-3;/h3H,2H2,1H3;. The van der Waals surface area contributed by atoms with E-state index in [1.54, 1.807) is 0 Å². The molecule has 35 valence electrons. The molecule has 1 fully saturated rings. The van der Waals surface area contributed by atoms with Gasteiger partial charge < -0.3 is 4.74 Å². The van der Waals surface area contributed by atoms with E-state index in [-0.39, 0.29) is 22.4 Å². The average molecular weight is 166 g/mol. The van der Waals surface area contributed by atoms with Crippen LogP contribution in [0.15, 0.2) is 0 Å². The number of hydrogen-bond donors (Lipinski definition) is 0. The smallest absolute Gasteiger partial charge is 0.0781 e. The first-order valence-corrected chi connectivity index (χ1v) is 1.51. The fourth-order valence-electron chi connectivity index (χ4n) is 0.0962. The second-order valence-corrected chi connectivity index (χ2v) is 1.14. The third-order valence-electron chi connectivity index (χ3n) is 0.500. The van der Waals surface area contributed by atoms with E-state index in [2.05, 4.69) is 6.92 Å². The van der Waals surface area contributed by atoms with Gasteiger partial charge in [0.05, 0.1) is 12.7 Å². The summed E-state index contributed by atoms with van der Waals surface area (Å²) >= 11 is 0. The molecule has 0 aromatic heterocycles. The molecule has 0 bridgehead atoms. The summed E-state index contributed by atoms with van der Waals surface area (Å²) in [7, 11) is 0. The topological polar surface area (TPSA) is 12.5 Å². The first-order chi connectivity index (χ1) is 1.89. The number of epoxide rings is 1. The molecule has 1 aliphatic rings. The Labute approximate surface area is 47.2 Å². The van der Waals surface area contributed by atoms with Gasteiger partial charge >= 0.3 is 0 Å². The quantitative estimate of drug-likeness (QED) is 0.374. The minimum absolute atomic E-state index is 0. The van der Waals surface area contributed by atoms with Crippen molar-refractivity contribution in [2.75, 3.05) is 6.61 Å².